The van der Waals surface area contributed by atoms with Crippen molar-refractivity contribution in [3.63, 3.8) is 0 Å². The number of furan rings is 1. The minimum Gasteiger partial charge on any atom is -0.489 e. The summed E-state index contributed by atoms with van der Waals surface area (Å²) in [5, 5.41) is 6.52. The van der Waals surface area contributed by atoms with Crippen molar-refractivity contribution in [3.05, 3.63) is 90.2 Å². The first-order valence-corrected chi connectivity index (χ1v) is 10.4. The molecule has 0 aliphatic rings. The number of ether oxygens (including phenoxy) is 1. The molecule has 2 N–H and O–H groups in total. The van der Waals surface area contributed by atoms with Gasteiger partial charge in [0.1, 0.15) is 17.9 Å². The Kier molecular flexibility index (Phi) is 6.22. The Morgan fingerprint density at radius 1 is 0.844 bits per heavy atom. The number of para-hydroxylation sites is 2. The second kappa shape index (κ2) is 9.39. The molecule has 0 radical (unpaired) electrons. The number of amides is 2. The molecule has 6 heteroatoms. The van der Waals surface area contributed by atoms with Gasteiger partial charge in [0, 0.05) is 28.2 Å². The highest BCUT2D eigenvalue weighted by molar-refractivity contribution is 6.06. The lowest BCUT2D eigenvalue weighted by molar-refractivity contribution is -0.118. The number of fused-ring (bicyclic) bond motifs is 1. The number of benzene rings is 3. The fourth-order valence-corrected chi connectivity index (χ4v) is 3.21. The van der Waals surface area contributed by atoms with E-state index in [4.69, 9.17) is 9.15 Å². The largest absolute Gasteiger partial charge is 0.489 e. The summed E-state index contributed by atoms with van der Waals surface area (Å²) >= 11 is 0. The van der Waals surface area contributed by atoms with E-state index in [2.05, 4.69) is 10.6 Å². The van der Waals surface area contributed by atoms with E-state index in [1.54, 1.807) is 24.3 Å². The normalized spacial score (nSPS) is 10.8. The summed E-state index contributed by atoms with van der Waals surface area (Å²) in [4.78, 5) is 24.9. The van der Waals surface area contributed by atoms with Gasteiger partial charge in [-0.3, -0.25) is 9.59 Å². The van der Waals surface area contributed by atoms with Gasteiger partial charge in [0.15, 0.2) is 5.76 Å². The maximum absolute atomic E-state index is 13.0. The van der Waals surface area contributed by atoms with Crippen LogP contribution in [-0.4, -0.2) is 11.8 Å². The third-order valence-corrected chi connectivity index (χ3v) is 4.97. The molecular formula is C26H24N2O4. The summed E-state index contributed by atoms with van der Waals surface area (Å²) in [5.41, 5.74) is 2.56. The molecule has 0 fully saturated rings. The van der Waals surface area contributed by atoms with Gasteiger partial charge in [0.25, 0.3) is 5.91 Å². The van der Waals surface area contributed by atoms with Gasteiger partial charge in [-0.05, 0) is 42.5 Å². The molecule has 1 aromatic heterocycles. The number of hydrogen-bond donors (Lipinski definition) is 2. The van der Waals surface area contributed by atoms with Crippen molar-refractivity contribution in [2.24, 2.45) is 5.92 Å². The van der Waals surface area contributed by atoms with E-state index in [0.717, 1.165) is 5.39 Å². The van der Waals surface area contributed by atoms with Crippen molar-refractivity contribution >= 4 is 34.2 Å². The Bertz CT molecular complexity index is 1230. The van der Waals surface area contributed by atoms with Crippen molar-refractivity contribution in [1.29, 1.82) is 0 Å². The Morgan fingerprint density at radius 2 is 1.47 bits per heavy atom. The number of nitrogens with one attached hydrogen (secondary N) is 2. The number of anilines is 2. The zero-order chi connectivity index (χ0) is 22.5. The summed E-state index contributed by atoms with van der Waals surface area (Å²) in [6.45, 7) is 3.86. The fraction of sp³-hybridized carbons (Fsp3) is 0.154. The standard InChI is InChI=1S/C26H24N2O4/c1-17(2)25(29)27-18-12-14-19(15-13-18)28-26(30)24-22(16-31-20-8-4-3-5-9-20)21-10-6-7-11-23(21)32-24/h3-15,17H,16H2,1-2H3,(H,27,29)(H,28,30). The summed E-state index contributed by atoms with van der Waals surface area (Å²) < 4.78 is 11.8. The van der Waals surface area contributed by atoms with Crippen molar-refractivity contribution in [2.45, 2.75) is 20.5 Å². The zero-order valence-electron chi connectivity index (χ0n) is 17.9. The predicted octanol–water partition coefficient (Wildman–Crippen LogP) is 5.86. The molecule has 6 nitrogen and oxygen atoms in total. The molecule has 0 atom stereocenters. The summed E-state index contributed by atoms with van der Waals surface area (Å²) in [6.07, 6.45) is 0. The molecule has 4 rings (SSSR count). The highest BCUT2D eigenvalue weighted by atomic mass is 16.5. The van der Waals surface area contributed by atoms with E-state index < -0.39 is 0 Å². The monoisotopic (exact) mass is 428 g/mol. The molecule has 0 unspecified atom stereocenters. The van der Waals surface area contributed by atoms with Crippen LogP contribution in [0.25, 0.3) is 11.0 Å². The molecule has 162 valence electrons. The average molecular weight is 428 g/mol. The summed E-state index contributed by atoms with van der Waals surface area (Å²) in [6, 6.07) is 23.9. The van der Waals surface area contributed by atoms with E-state index in [-0.39, 0.29) is 30.1 Å². The fourth-order valence-electron chi connectivity index (χ4n) is 3.21. The van der Waals surface area contributed by atoms with E-state index >= 15 is 0 Å². The van der Waals surface area contributed by atoms with Crippen molar-refractivity contribution in [1.82, 2.24) is 0 Å². The van der Waals surface area contributed by atoms with Gasteiger partial charge >= 0.3 is 0 Å². The van der Waals surface area contributed by atoms with Crippen molar-refractivity contribution < 1.29 is 18.7 Å². The minimum atomic E-state index is -0.369. The zero-order valence-corrected chi connectivity index (χ0v) is 17.9. The van der Waals surface area contributed by atoms with Gasteiger partial charge in [-0.25, -0.2) is 0 Å². The van der Waals surface area contributed by atoms with E-state index in [1.165, 1.54) is 0 Å². The van der Waals surface area contributed by atoms with Gasteiger partial charge in [-0.15, -0.1) is 0 Å². The van der Waals surface area contributed by atoms with Crippen LogP contribution >= 0.6 is 0 Å². The second-order valence-corrected chi connectivity index (χ2v) is 7.68. The first-order chi connectivity index (χ1) is 15.5. The van der Waals surface area contributed by atoms with Gasteiger partial charge < -0.3 is 19.8 Å². The maximum atomic E-state index is 13.0. The lowest BCUT2D eigenvalue weighted by atomic mass is 10.1. The molecule has 0 saturated carbocycles. The van der Waals surface area contributed by atoms with Crippen molar-refractivity contribution in [2.75, 3.05) is 10.6 Å². The molecule has 0 bridgehead atoms. The molecule has 0 aliphatic carbocycles. The van der Waals surface area contributed by atoms with Crippen LogP contribution in [0.5, 0.6) is 5.75 Å². The first-order valence-electron chi connectivity index (χ1n) is 10.4. The molecule has 0 saturated heterocycles. The molecular weight excluding hydrogens is 404 g/mol. The van der Waals surface area contributed by atoms with Crippen molar-refractivity contribution in [3.8, 4) is 5.75 Å². The summed E-state index contributed by atoms with van der Waals surface area (Å²) in [7, 11) is 0. The Morgan fingerprint density at radius 3 is 2.16 bits per heavy atom. The lowest BCUT2D eigenvalue weighted by Crippen LogP contribution is -2.17. The SMILES string of the molecule is CC(C)C(=O)Nc1ccc(NC(=O)c2oc3ccccc3c2COc2ccccc2)cc1. The predicted molar refractivity (Wildman–Crippen MR) is 125 cm³/mol. The minimum absolute atomic E-state index is 0.0629. The van der Waals surface area contributed by atoms with E-state index in [9.17, 15) is 9.59 Å². The number of hydrogen-bond acceptors (Lipinski definition) is 4. The third kappa shape index (κ3) is 4.81. The summed E-state index contributed by atoms with van der Waals surface area (Å²) in [5.74, 6) is 0.375. The van der Waals surface area contributed by atoms with Gasteiger partial charge in [-0.2, -0.15) is 0 Å². The van der Waals surface area contributed by atoms with Gasteiger partial charge in [0.05, 0.1) is 0 Å². The Labute approximate surface area is 186 Å². The highest BCUT2D eigenvalue weighted by Gasteiger charge is 2.21. The molecule has 0 spiro atoms. The smallest absolute Gasteiger partial charge is 0.291 e. The highest BCUT2D eigenvalue weighted by Crippen LogP contribution is 2.28. The quantitative estimate of drug-likeness (QED) is 0.386. The first kappa shape index (κ1) is 21.2. The van der Waals surface area contributed by atoms with Gasteiger partial charge in [0.2, 0.25) is 5.91 Å². The maximum Gasteiger partial charge on any atom is 0.291 e. The van der Waals surface area contributed by atoms with Crippen LogP contribution in [-0.2, 0) is 11.4 Å². The molecule has 0 aliphatic heterocycles. The number of carbonyl (C=O) groups excluding carboxylic acids is 2. The third-order valence-electron chi connectivity index (χ3n) is 4.97. The van der Waals surface area contributed by atoms with Crippen LogP contribution in [0.2, 0.25) is 0 Å². The second-order valence-electron chi connectivity index (χ2n) is 7.68. The molecule has 3 aromatic carbocycles. The van der Waals surface area contributed by atoms with Crippen LogP contribution in [0, 0.1) is 5.92 Å². The number of rotatable bonds is 7. The lowest BCUT2D eigenvalue weighted by Gasteiger charge is -2.10. The topological polar surface area (TPSA) is 80.6 Å². The van der Waals surface area contributed by atoms with Crippen LogP contribution in [0.15, 0.2) is 83.3 Å². The number of carbonyl (C=O) groups is 2. The van der Waals surface area contributed by atoms with Crippen LogP contribution in [0.4, 0.5) is 11.4 Å². The average Bonchev–Trinajstić information content (AvgIpc) is 3.18. The van der Waals surface area contributed by atoms with Crippen LogP contribution < -0.4 is 15.4 Å². The van der Waals surface area contributed by atoms with E-state index in [0.29, 0.717) is 28.3 Å². The Hall–Kier alpha value is -4.06. The Balaban J connectivity index is 1.53. The molecule has 2 amide bonds. The van der Waals surface area contributed by atoms with Gasteiger partial charge in [-0.1, -0.05) is 50.2 Å². The molecule has 1 heterocycles. The van der Waals surface area contributed by atoms with Crippen LogP contribution in [0.1, 0.15) is 30.0 Å². The van der Waals surface area contributed by atoms with E-state index in [1.807, 2.05) is 68.4 Å². The van der Waals surface area contributed by atoms with Crippen LogP contribution in [0.3, 0.4) is 0 Å². The molecule has 4 aromatic rings. The molecule has 32 heavy (non-hydrogen) atoms.